The second kappa shape index (κ2) is 6.21. The normalized spacial score (nSPS) is 20.4. The average molecular weight is 349 g/mol. The molecule has 1 aliphatic rings. The Morgan fingerprint density at radius 1 is 1.47 bits per heavy atom. The molecular formula is C12H17BrN2O3S. The summed E-state index contributed by atoms with van der Waals surface area (Å²) in [5.74, 6) is 0.251. The van der Waals surface area contributed by atoms with Crippen LogP contribution < -0.4 is 10.5 Å². The largest absolute Gasteiger partial charge is 0.398 e. The van der Waals surface area contributed by atoms with Crippen molar-refractivity contribution in [2.75, 3.05) is 25.5 Å². The summed E-state index contributed by atoms with van der Waals surface area (Å²) in [4.78, 5) is 0.213. The lowest BCUT2D eigenvalue weighted by molar-refractivity contribution is 0.0568. The minimum Gasteiger partial charge on any atom is -0.398 e. The van der Waals surface area contributed by atoms with E-state index in [1.165, 1.54) is 12.1 Å². The minimum absolute atomic E-state index is 0.213. The van der Waals surface area contributed by atoms with Gasteiger partial charge >= 0.3 is 0 Å². The standard InChI is InChI=1S/C12H17BrN2O3S/c13-11-6-10(3-4-12(11)14)19(16,17)15-7-9-2-1-5-18-8-9/h3-4,6,9,15H,1-2,5,7-8,14H2. The summed E-state index contributed by atoms with van der Waals surface area (Å²) < 4.78 is 32.8. The van der Waals surface area contributed by atoms with Crippen molar-refractivity contribution in [1.82, 2.24) is 4.72 Å². The van der Waals surface area contributed by atoms with Gasteiger partial charge in [0.25, 0.3) is 0 Å². The summed E-state index contributed by atoms with van der Waals surface area (Å²) in [6.45, 7) is 1.80. The first-order valence-electron chi connectivity index (χ1n) is 6.11. The number of hydrogen-bond acceptors (Lipinski definition) is 4. The van der Waals surface area contributed by atoms with E-state index in [-0.39, 0.29) is 10.8 Å². The van der Waals surface area contributed by atoms with Gasteiger partial charge in [0.1, 0.15) is 0 Å². The Morgan fingerprint density at radius 3 is 2.89 bits per heavy atom. The van der Waals surface area contributed by atoms with Crippen LogP contribution in [0.25, 0.3) is 0 Å². The van der Waals surface area contributed by atoms with Gasteiger partial charge in [-0.05, 0) is 52.9 Å². The number of rotatable bonds is 4. The topological polar surface area (TPSA) is 81.4 Å². The Kier molecular flexibility index (Phi) is 4.83. The van der Waals surface area contributed by atoms with Crippen LogP contribution in [0.4, 0.5) is 5.69 Å². The van der Waals surface area contributed by atoms with Gasteiger partial charge in [0, 0.05) is 23.3 Å². The van der Waals surface area contributed by atoms with Crippen molar-refractivity contribution in [3.63, 3.8) is 0 Å². The number of benzene rings is 1. The zero-order chi connectivity index (χ0) is 13.9. The molecule has 0 radical (unpaired) electrons. The van der Waals surface area contributed by atoms with E-state index in [2.05, 4.69) is 20.7 Å². The van der Waals surface area contributed by atoms with Crippen LogP contribution in [0.5, 0.6) is 0 Å². The first kappa shape index (κ1) is 14.8. The zero-order valence-electron chi connectivity index (χ0n) is 10.4. The zero-order valence-corrected chi connectivity index (χ0v) is 12.8. The summed E-state index contributed by atoms with van der Waals surface area (Å²) in [5.41, 5.74) is 6.16. The summed E-state index contributed by atoms with van der Waals surface area (Å²) >= 11 is 3.23. The van der Waals surface area contributed by atoms with Crippen LogP contribution in [0, 0.1) is 5.92 Å². The minimum atomic E-state index is -3.49. The van der Waals surface area contributed by atoms with E-state index in [1.807, 2.05) is 0 Å². The Hall–Kier alpha value is -0.630. The first-order valence-corrected chi connectivity index (χ1v) is 8.39. The van der Waals surface area contributed by atoms with Crippen LogP contribution >= 0.6 is 15.9 Å². The third-order valence-electron chi connectivity index (χ3n) is 3.10. The van der Waals surface area contributed by atoms with Crippen molar-refractivity contribution in [1.29, 1.82) is 0 Å². The van der Waals surface area contributed by atoms with E-state index in [0.717, 1.165) is 19.4 Å². The third-order valence-corrected chi connectivity index (χ3v) is 5.21. The van der Waals surface area contributed by atoms with Gasteiger partial charge in [0.05, 0.1) is 11.5 Å². The highest BCUT2D eigenvalue weighted by Gasteiger charge is 2.19. The number of anilines is 1. The van der Waals surface area contributed by atoms with Gasteiger partial charge in [-0.1, -0.05) is 0 Å². The monoisotopic (exact) mass is 348 g/mol. The summed E-state index contributed by atoms with van der Waals surface area (Å²) in [7, 11) is -3.49. The van der Waals surface area contributed by atoms with E-state index >= 15 is 0 Å². The lowest BCUT2D eigenvalue weighted by Crippen LogP contribution is -2.33. The molecule has 19 heavy (non-hydrogen) atoms. The summed E-state index contributed by atoms with van der Waals surface area (Å²) in [5, 5.41) is 0. The highest BCUT2D eigenvalue weighted by atomic mass is 79.9. The van der Waals surface area contributed by atoms with Crippen LogP contribution in [-0.2, 0) is 14.8 Å². The maximum Gasteiger partial charge on any atom is 0.240 e. The fourth-order valence-corrected chi connectivity index (χ4v) is 3.63. The second-order valence-corrected chi connectivity index (χ2v) is 7.24. The average Bonchev–Trinajstić information content (AvgIpc) is 2.41. The van der Waals surface area contributed by atoms with Gasteiger partial charge in [-0.2, -0.15) is 0 Å². The van der Waals surface area contributed by atoms with Crippen LogP contribution in [0.2, 0.25) is 0 Å². The van der Waals surface area contributed by atoms with Crippen molar-refractivity contribution < 1.29 is 13.2 Å². The van der Waals surface area contributed by atoms with Gasteiger partial charge in [0.15, 0.2) is 0 Å². The van der Waals surface area contributed by atoms with Crippen molar-refractivity contribution in [3.05, 3.63) is 22.7 Å². The molecule has 0 aromatic heterocycles. The molecule has 0 amide bonds. The van der Waals surface area contributed by atoms with Crippen molar-refractivity contribution in [2.45, 2.75) is 17.7 Å². The maximum atomic E-state index is 12.1. The summed E-state index contributed by atoms with van der Waals surface area (Å²) in [6, 6.07) is 4.58. The maximum absolute atomic E-state index is 12.1. The Bertz CT molecular complexity index is 542. The van der Waals surface area contributed by atoms with Crippen molar-refractivity contribution in [3.8, 4) is 0 Å². The van der Waals surface area contributed by atoms with E-state index < -0.39 is 10.0 Å². The smallest absolute Gasteiger partial charge is 0.240 e. The third kappa shape index (κ3) is 3.92. The number of hydrogen-bond donors (Lipinski definition) is 2. The summed E-state index contributed by atoms with van der Waals surface area (Å²) in [6.07, 6.45) is 1.98. The molecule has 0 bridgehead atoms. The molecule has 0 saturated carbocycles. The van der Waals surface area contributed by atoms with E-state index in [1.54, 1.807) is 6.07 Å². The molecule has 1 aliphatic heterocycles. The fourth-order valence-electron chi connectivity index (χ4n) is 1.95. The number of halogens is 1. The molecule has 0 spiro atoms. The molecule has 0 aliphatic carbocycles. The molecule has 1 heterocycles. The Labute approximate surface area is 121 Å². The molecule has 1 aromatic rings. The number of sulfonamides is 1. The molecule has 7 heteroatoms. The lowest BCUT2D eigenvalue weighted by Gasteiger charge is -2.22. The molecular weight excluding hydrogens is 332 g/mol. The number of ether oxygens (including phenoxy) is 1. The second-order valence-electron chi connectivity index (χ2n) is 4.62. The predicted molar refractivity (Wildman–Crippen MR) is 77.3 cm³/mol. The molecule has 1 atom stereocenters. The van der Waals surface area contributed by atoms with E-state index in [9.17, 15) is 8.42 Å². The molecule has 1 fully saturated rings. The Balaban J connectivity index is 2.02. The van der Waals surface area contributed by atoms with Crippen LogP contribution in [0.15, 0.2) is 27.6 Å². The first-order chi connectivity index (χ1) is 8.99. The predicted octanol–water partition coefficient (Wildman–Crippen LogP) is 1.74. The molecule has 1 aromatic carbocycles. The van der Waals surface area contributed by atoms with Gasteiger partial charge in [-0.25, -0.2) is 13.1 Å². The van der Waals surface area contributed by atoms with Gasteiger partial charge in [-0.3, -0.25) is 0 Å². The van der Waals surface area contributed by atoms with Crippen molar-refractivity contribution >= 4 is 31.6 Å². The Morgan fingerprint density at radius 2 is 2.26 bits per heavy atom. The molecule has 106 valence electrons. The molecule has 2 rings (SSSR count). The molecule has 1 unspecified atom stereocenters. The van der Waals surface area contributed by atoms with E-state index in [4.69, 9.17) is 10.5 Å². The van der Waals surface area contributed by atoms with Crippen molar-refractivity contribution in [2.24, 2.45) is 5.92 Å². The lowest BCUT2D eigenvalue weighted by atomic mass is 10.0. The van der Waals surface area contributed by atoms with E-state index in [0.29, 0.717) is 23.3 Å². The molecule has 1 saturated heterocycles. The SMILES string of the molecule is Nc1ccc(S(=O)(=O)NCC2CCCOC2)cc1Br. The number of nitrogens with two attached hydrogens (primary N) is 1. The van der Waals surface area contributed by atoms with Gasteiger partial charge in [0.2, 0.25) is 10.0 Å². The molecule has 3 N–H and O–H groups in total. The van der Waals surface area contributed by atoms with Gasteiger partial charge < -0.3 is 10.5 Å². The van der Waals surface area contributed by atoms with Gasteiger partial charge in [-0.15, -0.1) is 0 Å². The number of nitrogen functional groups attached to an aromatic ring is 1. The quantitative estimate of drug-likeness (QED) is 0.812. The highest BCUT2D eigenvalue weighted by Crippen LogP contribution is 2.23. The van der Waals surface area contributed by atoms with Crippen LogP contribution in [0.1, 0.15) is 12.8 Å². The highest BCUT2D eigenvalue weighted by molar-refractivity contribution is 9.10. The van der Waals surface area contributed by atoms with Crippen LogP contribution in [-0.4, -0.2) is 28.2 Å². The van der Waals surface area contributed by atoms with Crippen LogP contribution in [0.3, 0.4) is 0 Å². The number of nitrogens with one attached hydrogen (secondary N) is 1. The molecule has 5 nitrogen and oxygen atoms in total. The fraction of sp³-hybridized carbons (Fsp3) is 0.500.